The molecule has 2 fully saturated rings. The van der Waals surface area contributed by atoms with Gasteiger partial charge < -0.3 is 0 Å². The van der Waals surface area contributed by atoms with E-state index in [1.165, 1.54) is 76.3 Å². The molecule has 166 valence electrons. The van der Waals surface area contributed by atoms with Crippen LogP contribution in [-0.2, 0) is 0 Å². The van der Waals surface area contributed by atoms with Crippen molar-refractivity contribution in [3.05, 3.63) is 71.3 Å². The van der Waals surface area contributed by atoms with E-state index in [0.29, 0.717) is 5.92 Å². The summed E-state index contributed by atoms with van der Waals surface area (Å²) < 4.78 is 0. The summed E-state index contributed by atoms with van der Waals surface area (Å²) in [5, 5.41) is 0. The maximum Gasteiger partial charge on any atom is 0.193 e. The van der Waals surface area contributed by atoms with Gasteiger partial charge >= 0.3 is 0 Å². The SMILES string of the molecule is CC(CN1CCCCC1CCC1CCCCC1)c1ccccc1C(=O)c1ccccc1. The van der Waals surface area contributed by atoms with Gasteiger partial charge in [0.25, 0.3) is 0 Å². The van der Waals surface area contributed by atoms with Gasteiger partial charge in [0.05, 0.1) is 0 Å². The molecular weight excluding hydrogens is 378 g/mol. The van der Waals surface area contributed by atoms with Crippen molar-refractivity contribution < 1.29 is 4.79 Å². The second kappa shape index (κ2) is 11.1. The lowest BCUT2D eigenvalue weighted by molar-refractivity contribution is 0.103. The van der Waals surface area contributed by atoms with Gasteiger partial charge in [-0.05, 0) is 49.6 Å². The Hall–Kier alpha value is -1.93. The summed E-state index contributed by atoms with van der Waals surface area (Å²) in [7, 11) is 0. The smallest absolute Gasteiger partial charge is 0.193 e. The Morgan fingerprint density at radius 1 is 0.871 bits per heavy atom. The number of rotatable bonds is 8. The van der Waals surface area contributed by atoms with Crippen LogP contribution in [0.4, 0.5) is 0 Å². The van der Waals surface area contributed by atoms with Crippen LogP contribution in [0.2, 0.25) is 0 Å². The summed E-state index contributed by atoms with van der Waals surface area (Å²) in [6.07, 6.45) is 14.1. The summed E-state index contributed by atoms with van der Waals surface area (Å²) in [5.41, 5.74) is 2.86. The maximum absolute atomic E-state index is 13.2. The van der Waals surface area contributed by atoms with Crippen molar-refractivity contribution in [1.29, 1.82) is 0 Å². The molecule has 1 aliphatic carbocycles. The Balaban J connectivity index is 1.43. The first kappa shape index (κ1) is 22.3. The molecule has 2 aliphatic rings. The van der Waals surface area contributed by atoms with Gasteiger partial charge in [-0.2, -0.15) is 0 Å². The highest BCUT2D eigenvalue weighted by Crippen LogP contribution is 2.32. The first-order valence-corrected chi connectivity index (χ1v) is 12.6. The molecule has 2 unspecified atom stereocenters. The van der Waals surface area contributed by atoms with Gasteiger partial charge in [-0.1, -0.05) is 100 Å². The topological polar surface area (TPSA) is 20.3 Å². The number of hydrogen-bond acceptors (Lipinski definition) is 2. The second-order valence-corrected chi connectivity index (χ2v) is 9.91. The van der Waals surface area contributed by atoms with E-state index in [0.717, 1.165) is 29.6 Å². The van der Waals surface area contributed by atoms with Crippen LogP contribution in [0, 0.1) is 5.92 Å². The molecule has 1 saturated heterocycles. The molecule has 0 amide bonds. The largest absolute Gasteiger partial charge is 0.300 e. The number of hydrogen-bond donors (Lipinski definition) is 0. The van der Waals surface area contributed by atoms with Gasteiger partial charge in [-0.15, -0.1) is 0 Å². The van der Waals surface area contributed by atoms with Crippen LogP contribution in [0.1, 0.15) is 98.5 Å². The Kier molecular flexibility index (Phi) is 7.97. The van der Waals surface area contributed by atoms with E-state index in [1.807, 2.05) is 42.5 Å². The van der Waals surface area contributed by atoms with Crippen molar-refractivity contribution in [1.82, 2.24) is 4.90 Å². The zero-order valence-electron chi connectivity index (χ0n) is 19.3. The van der Waals surface area contributed by atoms with Gasteiger partial charge in [-0.3, -0.25) is 9.69 Å². The van der Waals surface area contributed by atoms with Crippen LogP contribution in [0.25, 0.3) is 0 Å². The Labute approximate surface area is 189 Å². The third-order valence-electron chi connectivity index (χ3n) is 7.66. The van der Waals surface area contributed by atoms with Crippen molar-refractivity contribution in [2.75, 3.05) is 13.1 Å². The Morgan fingerprint density at radius 2 is 1.58 bits per heavy atom. The monoisotopic (exact) mass is 417 g/mol. The zero-order valence-corrected chi connectivity index (χ0v) is 19.3. The Bertz CT molecular complexity index is 824. The Morgan fingerprint density at radius 3 is 2.39 bits per heavy atom. The first-order valence-electron chi connectivity index (χ1n) is 12.6. The van der Waals surface area contributed by atoms with Gasteiger partial charge in [0.1, 0.15) is 0 Å². The predicted molar refractivity (Wildman–Crippen MR) is 130 cm³/mol. The van der Waals surface area contributed by atoms with E-state index in [4.69, 9.17) is 0 Å². The molecule has 0 N–H and O–H groups in total. The second-order valence-electron chi connectivity index (χ2n) is 9.91. The van der Waals surface area contributed by atoms with Crippen LogP contribution in [0.3, 0.4) is 0 Å². The summed E-state index contributed by atoms with van der Waals surface area (Å²) in [4.78, 5) is 15.9. The van der Waals surface area contributed by atoms with Gasteiger partial charge in [0.2, 0.25) is 0 Å². The number of likely N-dealkylation sites (tertiary alicyclic amines) is 1. The minimum atomic E-state index is 0.149. The van der Waals surface area contributed by atoms with E-state index >= 15 is 0 Å². The molecule has 1 aliphatic heterocycles. The standard InChI is InChI=1S/C29H39NO/c1-23(27-17-8-9-18-28(27)29(31)25-14-6-3-7-15-25)22-30-21-11-10-16-26(30)20-19-24-12-4-2-5-13-24/h3,6-9,14-15,17-18,23-24,26H,2,4-5,10-13,16,19-22H2,1H3. The molecule has 31 heavy (non-hydrogen) atoms. The van der Waals surface area contributed by atoms with Crippen LogP contribution in [-0.4, -0.2) is 29.8 Å². The normalized spacial score (nSPS) is 21.6. The highest BCUT2D eigenvalue weighted by Gasteiger charge is 2.26. The number of ketones is 1. The quantitative estimate of drug-likeness (QED) is 0.422. The molecule has 2 aromatic carbocycles. The van der Waals surface area contributed by atoms with E-state index in [9.17, 15) is 4.79 Å². The summed E-state index contributed by atoms with van der Waals surface area (Å²) in [6.45, 7) is 4.59. The van der Waals surface area contributed by atoms with Gasteiger partial charge in [0.15, 0.2) is 5.78 Å². The fraction of sp³-hybridized carbons (Fsp3) is 0.552. The molecule has 2 heteroatoms. The van der Waals surface area contributed by atoms with Crippen LogP contribution in [0.5, 0.6) is 0 Å². The van der Waals surface area contributed by atoms with E-state index in [2.05, 4.69) is 24.0 Å². The van der Waals surface area contributed by atoms with Crippen molar-refractivity contribution in [3.8, 4) is 0 Å². The molecule has 0 spiro atoms. The number of benzene rings is 2. The van der Waals surface area contributed by atoms with E-state index in [1.54, 1.807) is 0 Å². The highest BCUT2D eigenvalue weighted by atomic mass is 16.1. The lowest BCUT2D eigenvalue weighted by Crippen LogP contribution is -2.41. The average Bonchev–Trinajstić information content (AvgIpc) is 2.84. The summed E-state index contributed by atoms with van der Waals surface area (Å²) >= 11 is 0. The molecule has 0 radical (unpaired) electrons. The van der Waals surface area contributed by atoms with E-state index in [-0.39, 0.29) is 5.78 Å². The van der Waals surface area contributed by atoms with Gasteiger partial charge in [-0.25, -0.2) is 0 Å². The highest BCUT2D eigenvalue weighted by molar-refractivity contribution is 6.10. The van der Waals surface area contributed by atoms with Gasteiger partial charge in [0, 0.05) is 23.7 Å². The lowest BCUT2D eigenvalue weighted by atomic mass is 9.83. The number of nitrogens with zero attached hydrogens (tertiary/aromatic N) is 1. The molecule has 1 saturated carbocycles. The van der Waals surface area contributed by atoms with Crippen molar-refractivity contribution in [2.45, 2.75) is 83.1 Å². The molecule has 1 heterocycles. The maximum atomic E-state index is 13.2. The minimum Gasteiger partial charge on any atom is -0.300 e. The van der Waals surface area contributed by atoms with Crippen molar-refractivity contribution in [3.63, 3.8) is 0 Å². The van der Waals surface area contributed by atoms with Crippen LogP contribution in [0.15, 0.2) is 54.6 Å². The van der Waals surface area contributed by atoms with Crippen LogP contribution < -0.4 is 0 Å². The fourth-order valence-electron chi connectivity index (χ4n) is 5.86. The first-order chi connectivity index (χ1) is 15.2. The molecular formula is C29H39NO. The zero-order chi connectivity index (χ0) is 21.5. The summed E-state index contributed by atoms with van der Waals surface area (Å²) in [6, 6.07) is 18.7. The minimum absolute atomic E-state index is 0.149. The summed E-state index contributed by atoms with van der Waals surface area (Å²) in [5.74, 6) is 1.48. The average molecular weight is 418 g/mol. The predicted octanol–water partition coefficient (Wildman–Crippen LogP) is 7.24. The van der Waals surface area contributed by atoms with Crippen molar-refractivity contribution >= 4 is 5.78 Å². The molecule has 0 bridgehead atoms. The number of carbonyl (C=O) groups excluding carboxylic acids is 1. The number of carbonyl (C=O) groups is 1. The molecule has 2 aromatic rings. The molecule has 4 rings (SSSR count). The number of piperidine rings is 1. The van der Waals surface area contributed by atoms with Crippen molar-refractivity contribution in [2.24, 2.45) is 5.92 Å². The third kappa shape index (κ3) is 5.86. The van der Waals surface area contributed by atoms with Crippen LogP contribution >= 0.6 is 0 Å². The molecule has 2 nitrogen and oxygen atoms in total. The molecule has 2 atom stereocenters. The third-order valence-corrected chi connectivity index (χ3v) is 7.66. The fourth-order valence-corrected chi connectivity index (χ4v) is 5.86. The van der Waals surface area contributed by atoms with E-state index < -0.39 is 0 Å². The lowest BCUT2D eigenvalue weighted by Gasteiger charge is -2.38. The molecule has 0 aromatic heterocycles.